The van der Waals surface area contributed by atoms with E-state index >= 15 is 0 Å². The molecule has 0 aliphatic rings. The molecule has 0 bridgehead atoms. The van der Waals surface area contributed by atoms with Crippen molar-refractivity contribution in [2.45, 2.75) is 6.61 Å². The number of carbonyl (C=O) groups excluding carboxylic acids is 1. The van der Waals surface area contributed by atoms with E-state index in [9.17, 15) is 9.18 Å². The summed E-state index contributed by atoms with van der Waals surface area (Å²) >= 11 is 11.3. The first-order valence-electron chi connectivity index (χ1n) is 11.7. The van der Waals surface area contributed by atoms with Crippen LogP contribution in [-0.4, -0.2) is 23.1 Å². The van der Waals surface area contributed by atoms with Crippen molar-refractivity contribution in [1.29, 1.82) is 0 Å². The Hall–Kier alpha value is -4.47. The molecule has 0 saturated heterocycles. The van der Waals surface area contributed by atoms with Gasteiger partial charge in [-0.2, -0.15) is 0 Å². The fraction of sp³-hybridized carbons (Fsp3) is 0.0690. The second kappa shape index (κ2) is 11.5. The first-order chi connectivity index (χ1) is 18.9. The Morgan fingerprint density at radius 3 is 2.51 bits per heavy atom. The minimum atomic E-state index is -0.420. The molecule has 10 heteroatoms. The molecular weight excluding hydrogens is 541 g/mol. The maximum atomic E-state index is 13.2. The molecule has 0 fully saturated rings. The van der Waals surface area contributed by atoms with E-state index in [1.165, 1.54) is 19.2 Å². The SMILES string of the molecule is COc1cc(C(=O)NC(=S)Nc2ccc3oc(-c4ccc(F)cc4)nc3c2)ccc1OCc1ccc(Cl)cc1. The van der Waals surface area contributed by atoms with Crippen LogP contribution in [0.4, 0.5) is 10.1 Å². The van der Waals surface area contributed by atoms with Gasteiger partial charge >= 0.3 is 0 Å². The highest BCUT2D eigenvalue weighted by atomic mass is 35.5. The molecule has 0 atom stereocenters. The molecular formula is C29H21ClFN3O4S. The van der Waals surface area contributed by atoms with E-state index in [1.807, 2.05) is 12.1 Å². The van der Waals surface area contributed by atoms with Crippen molar-refractivity contribution >= 4 is 51.6 Å². The number of amides is 1. The van der Waals surface area contributed by atoms with Crippen molar-refractivity contribution in [2.75, 3.05) is 12.4 Å². The van der Waals surface area contributed by atoms with Crippen LogP contribution >= 0.6 is 23.8 Å². The summed E-state index contributed by atoms with van der Waals surface area (Å²) in [6, 6.07) is 23.3. The zero-order valence-corrected chi connectivity index (χ0v) is 22.1. The summed E-state index contributed by atoms with van der Waals surface area (Å²) in [6.07, 6.45) is 0. The summed E-state index contributed by atoms with van der Waals surface area (Å²) < 4.78 is 30.2. The number of methoxy groups -OCH3 is 1. The van der Waals surface area contributed by atoms with E-state index in [0.29, 0.717) is 56.9 Å². The lowest BCUT2D eigenvalue weighted by Crippen LogP contribution is -2.34. The van der Waals surface area contributed by atoms with Crippen molar-refractivity contribution in [3.63, 3.8) is 0 Å². The van der Waals surface area contributed by atoms with E-state index in [1.54, 1.807) is 60.7 Å². The Morgan fingerprint density at radius 2 is 1.77 bits per heavy atom. The monoisotopic (exact) mass is 561 g/mol. The van der Waals surface area contributed by atoms with Gasteiger partial charge in [-0.25, -0.2) is 9.37 Å². The number of aromatic nitrogens is 1. The number of ether oxygens (including phenoxy) is 2. The molecule has 0 radical (unpaired) electrons. The molecule has 1 amide bonds. The molecule has 5 rings (SSSR count). The van der Waals surface area contributed by atoms with Gasteiger partial charge in [0, 0.05) is 21.8 Å². The number of hydrogen-bond donors (Lipinski definition) is 2. The number of hydrogen-bond acceptors (Lipinski definition) is 6. The number of rotatable bonds is 7. The lowest BCUT2D eigenvalue weighted by atomic mass is 10.2. The molecule has 0 saturated carbocycles. The van der Waals surface area contributed by atoms with Crippen LogP contribution in [0, 0.1) is 5.82 Å². The Kier molecular flexibility index (Phi) is 7.72. The summed E-state index contributed by atoms with van der Waals surface area (Å²) in [5, 5.41) is 6.38. The lowest BCUT2D eigenvalue weighted by molar-refractivity contribution is 0.0977. The number of fused-ring (bicyclic) bond motifs is 1. The molecule has 0 aliphatic carbocycles. The van der Waals surface area contributed by atoms with Gasteiger partial charge in [0.2, 0.25) is 5.89 Å². The number of benzene rings is 4. The third kappa shape index (κ3) is 6.34. The number of thiocarbonyl (C=S) groups is 1. The van der Waals surface area contributed by atoms with Gasteiger partial charge in [-0.3, -0.25) is 10.1 Å². The molecule has 0 aliphatic heterocycles. The van der Waals surface area contributed by atoms with E-state index < -0.39 is 5.91 Å². The van der Waals surface area contributed by atoms with Gasteiger partial charge in [0.1, 0.15) is 17.9 Å². The summed E-state index contributed by atoms with van der Waals surface area (Å²) in [5.41, 5.74) is 3.67. The van der Waals surface area contributed by atoms with E-state index in [2.05, 4.69) is 15.6 Å². The maximum Gasteiger partial charge on any atom is 0.257 e. The molecule has 7 nitrogen and oxygen atoms in total. The lowest BCUT2D eigenvalue weighted by Gasteiger charge is -2.13. The van der Waals surface area contributed by atoms with Crippen molar-refractivity contribution in [2.24, 2.45) is 0 Å². The summed E-state index contributed by atoms with van der Waals surface area (Å²) in [7, 11) is 1.50. The molecule has 196 valence electrons. The smallest absolute Gasteiger partial charge is 0.257 e. The van der Waals surface area contributed by atoms with Gasteiger partial charge in [-0.1, -0.05) is 23.7 Å². The van der Waals surface area contributed by atoms with E-state index in [4.69, 9.17) is 37.7 Å². The van der Waals surface area contributed by atoms with Crippen LogP contribution in [0.25, 0.3) is 22.6 Å². The molecule has 0 spiro atoms. The highest BCUT2D eigenvalue weighted by Gasteiger charge is 2.14. The van der Waals surface area contributed by atoms with Gasteiger partial charge in [0.05, 0.1) is 7.11 Å². The third-order valence-electron chi connectivity index (χ3n) is 5.70. The molecule has 1 heterocycles. The standard InChI is InChI=1S/C29H21ClFN3O4S/c1-36-26-14-19(6-12-25(26)37-16-17-2-7-20(30)8-3-17)27(35)34-29(39)32-22-11-13-24-23(15-22)33-28(38-24)18-4-9-21(31)10-5-18/h2-15H,16H2,1H3,(H2,32,34,35,39). The zero-order chi connectivity index (χ0) is 27.4. The highest BCUT2D eigenvalue weighted by molar-refractivity contribution is 7.80. The van der Waals surface area contributed by atoms with Crippen molar-refractivity contribution in [1.82, 2.24) is 10.3 Å². The number of halogens is 2. The van der Waals surface area contributed by atoms with E-state index in [-0.39, 0.29) is 10.9 Å². The predicted molar refractivity (Wildman–Crippen MR) is 152 cm³/mol. The Labute approximate surface area is 233 Å². The van der Waals surface area contributed by atoms with Gasteiger partial charge in [0.25, 0.3) is 5.91 Å². The second-order valence-corrected chi connectivity index (χ2v) is 9.24. The summed E-state index contributed by atoms with van der Waals surface area (Å²) in [4.78, 5) is 17.3. The zero-order valence-electron chi connectivity index (χ0n) is 20.5. The quantitative estimate of drug-likeness (QED) is 0.207. The Balaban J connectivity index is 1.22. The van der Waals surface area contributed by atoms with Crippen LogP contribution in [0.2, 0.25) is 5.02 Å². The van der Waals surface area contributed by atoms with Crippen molar-refractivity contribution in [3.05, 3.63) is 107 Å². The van der Waals surface area contributed by atoms with Crippen LogP contribution < -0.4 is 20.1 Å². The van der Waals surface area contributed by atoms with Gasteiger partial charge in [0.15, 0.2) is 22.2 Å². The molecule has 2 N–H and O–H groups in total. The minimum absolute atomic E-state index is 0.101. The topological polar surface area (TPSA) is 85.6 Å². The number of nitrogens with one attached hydrogen (secondary N) is 2. The largest absolute Gasteiger partial charge is 0.493 e. The van der Waals surface area contributed by atoms with Crippen LogP contribution in [0.15, 0.2) is 89.3 Å². The molecule has 5 aromatic rings. The van der Waals surface area contributed by atoms with Gasteiger partial charge < -0.3 is 19.2 Å². The van der Waals surface area contributed by atoms with Crippen LogP contribution in [-0.2, 0) is 6.61 Å². The van der Waals surface area contributed by atoms with Crippen molar-refractivity contribution in [3.8, 4) is 23.0 Å². The number of anilines is 1. The normalized spacial score (nSPS) is 10.7. The first-order valence-corrected chi connectivity index (χ1v) is 12.5. The minimum Gasteiger partial charge on any atom is -0.493 e. The van der Waals surface area contributed by atoms with Gasteiger partial charge in [-0.15, -0.1) is 0 Å². The fourth-order valence-electron chi connectivity index (χ4n) is 3.73. The summed E-state index contributed by atoms with van der Waals surface area (Å²) in [6.45, 7) is 0.314. The van der Waals surface area contributed by atoms with Crippen LogP contribution in [0.3, 0.4) is 0 Å². The highest BCUT2D eigenvalue weighted by Crippen LogP contribution is 2.29. The number of carbonyl (C=O) groups is 1. The van der Waals surface area contributed by atoms with Crippen LogP contribution in [0.5, 0.6) is 11.5 Å². The van der Waals surface area contributed by atoms with E-state index in [0.717, 1.165) is 5.56 Å². The third-order valence-corrected chi connectivity index (χ3v) is 6.15. The molecule has 1 aromatic heterocycles. The second-order valence-electron chi connectivity index (χ2n) is 8.40. The molecule has 4 aromatic carbocycles. The molecule has 0 unspecified atom stereocenters. The summed E-state index contributed by atoms with van der Waals surface area (Å²) in [5.74, 6) is 0.507. The Bertz CT molecular complexity index is 1660. The average Bonchev–Trinajstić information content (AvgIpc) is 3.36. The number of oxazole rings is 1. The maximum absolute atomic E-state index is 13.2. The number of nitrogens with zero attached hydrogens (tertiary/aromatic N) is 1. The van der Waals surface area contributed by atoms with Crippen molar-refractivity contribution < 1.29 is 23.1 Å². The average molecular weight is 562 g/mol. The predicted octanol–water partition coefficient (Wildman–Crippen LogP) is 7.00. The van der Waals surface area contributed by atoms with Gasteiger partial charge in [-0.05, 0) is 90.6 Å². The molecule has 39 heavy (non-hydrogen) atoms. The fourth-order valence-corrected chi connectivity index (χ4v) is 4.07. The van der Waals surface area contributed by atoms with Crippen LogP contribution in [0.1, 0.15) is 15.9 Å². The first kappa shape index (κ1) is 26.1. The Morgan fingerprint density at radius 1 is 1.00 bits per heavy atom.